The Morgan fingerprint density at radius 3 is 2.47 bits per heavy atom. The Hall–Kier alpha value is -1.02. The molecule has 0 unspecified atom stereocenters. The first-order chi connectivity index (χ1) is 8.79. The maximum absolute atomic E-state index is 12.9. The predicted molar refractivity (Wildman–Crippen MR) is 76.0 cm³/mol. The number of thiophene rings is 1. The van der Waals surface area contributed by atoms with E-state index in [9.17, 15) is 12.8 Å². The standard InChI is InChI=1S/C10H7Cl2FN2O2S2/c11-9-4-8(10(12)18-9)19(16,17)15-7-2-1-5(13)3-6(7)14/h1-4,15H,14H2. The molecule has 0 saturated carbocycles. The minimum atomic E-state index is -3.92. The Morgan fingerprint density at radius 1 is 1.26 bits per heavy atom. The lowest BCUT2D eigenvalue weighted by atomic mass is 10.3. The molecule has 0 radical (unpaired) electrons. The molecule has 1 aromatic heterocycles. The van der Waals surface area contributed by atoms with Gasteiger partial charge in [0.15, 0.2) is 0 Å². The number of nitrogens with two attached hydrogens (primary N) is 1. The molecule has 0 aliphatic carbocycles. The minimum absolute atomic E-state index is 0.0268. The van der Waals surface area contributed by atoms with Gasteiger partial charge < -0.3 is 5.73 Å². The summed E-state index contributed by atoms with van der Waals surface area (Å²) < 4.78 is 39.5. The zero-order valence-corrected chi connectivity index (χ0v) is 12.3. The summed E-state index contributed by atoms with van der Waals surface area (Å²) in [6.07, 6.45) is 0. The minimum Gasteiger partial charge on any atom is -0.397 e. The molecule has 2 aromatic rings. The highest BCUT2D eigenvalue weighted by Gasteiger charge is 2.21. The van der Waals surface area contributed by atoms with E-state index in [1.165, 1.54) is 12.1 Å². The van der Waals surface area contributed by atoms with Gasteiger partial charge in [0.2, 0.25) is 0 Å². The molecule has 2 rings (SSSR count). The zero-order valence-electron chi connectivity index (χ0n) is 9.15. The molecule has 9 heteroatoms. The molecule has 0 aliphatic heterocycles. The summed E-state index contributed by atoms with van der Waals surface area (Å²) in [5.41, 5.74) is 5.57. The molecule has 19 heavy (non-hydrogen) atoms. The SMILES string of the molecule is Nc1cc(F)ccc1NS(=O)(=O)c1cc(Cl)sc1Cl. The Bertz CT molecular complexity index is 731. The van der Waals surface area contributed by atoms with Crippen molar-refractivity contribution in [1.82, 2.24) is 0 Å². The second kappa shape index (κ2) is 5.16. The predicted octanol–water partition coefficient (Wildman–Crippen LogP) is 3.58. The van der Waals surface area contributed by atoms with Gasteiger partial charge in [-0.3, -0.25) is 4.72 Å². The molecular formula is C10H7Cl2FN2O2S2. The van der Waals surface area contributed by atoms with Gasteiger partial charge in [-0.2, -0.15) is 0 Å². The summed E-state index contributed by atoms with van der Waals surface area (Å²) in [4.78, 5) is -0.145. The second-order valence-electron chi connectivity index (χ2n) is 3.53. The van der Waals surface area contributed by atoms with E-state index in [0.29, 0.717) is 0 Å². The van der Waals surface area contributed by atoms with Crippen molar-refractivity contribution >= 4 is 55.9 Å². The fourth-order valence-corrected chi connectivity index (χ4v) is 4.57. The average molecular weight is 341 g/mol. The maximum atomic E-state index is 12.9. The normalized spacial score (nSPS) is 11.5. The van der Waals surface area contributed by atoms with Gasteiger partial charge >= 0.3 is 0 Å². The zero-order chi connectivity index (χ0) is 14.2. The smallest absolute Gasteiger partial charge is 0.264 e. The van der Waals surface area contributed by atoms with Crippen LogP contribution in [-0.2, 0) is 10.0 Å². The lowest BCUT2D eigenvalue weighted by molar-refractivity contribution is 0.601. The number of sulfonamides is 1. The highest BCUT2D eigenvalue weighted by molar-refractivity contribution is 7.93. The third kappa shape index (κ3) is 3.11. The van der Waals surface area contributed by atoms with E-state index in [0.717, 1.165) is 23.5 Å². The molecule has 4 nitrogen and oxygen atoms in total. The Labute approximate surface area is 123 Å². The van der Waals surface area contributed by atoms with Crippen LogP contribution in [0.25, 0.3) is 0 Å². The lowest BCUT2D eigenvalue weighted by Crippen LogP contribution is -2.13. The Balaban J connectivity index is 2.39. The molecule has 3 N–H and O–H groups in total. The Kier molecular flexibility index (Phi) is 3.91. The number of hydrogen-bond acceptors (Lipinski definition) is 4. The van der Waals surface area contributed by atoms with E-state index in [4.69, 9.17) is 28.9 Å². The van der Waals surface area contributed by atoms with Crippen molar-refractivity contribution in [2.75, 3.05) is 10.5 Å². The van der Waals surface area contributed by atoms with Crippen LogP contribution in [0.4, 0.5) is 15.8 Å². The van der Waals surface area contributed by atoms with E-state index in [1.807, 2.05) is 0 Å². The van der Waals surface area contributed by atoms with Crippen LogP contribution in [0.15, 0.2) is 29.2 Å². The molecule has 0 spiro atoms. The summed E-state index contributed by atoms with van der Waals surface area (Å²) in [5, 5.41) is 0. The van der Waals surface area contributed by atoms with Crippen LogP contribution in [-0.4, -0.2) is 8.42 Å². The maximum Gasteiger partial charge on any atom is 0.264 e. The van der Waals surface area contributed by atoms with Crippen molar-refractivity contribution in [3.05, 3.63) is 38.8 Å². The molecule has 1 aromatic carbocycles. The van der Waals surface area contributed by atoms with E-state index < -0.39 is 15.8 Å². The third-order valence-corrected chi connectivity index (χ3v) is 5.29. The molecule has 0 aliphatic rings. The number of anilines is 2. The number of benzene rings is 1. The van der Waals surface area contributed by atoms with Crippen molar-refractivity contribution in [3.8, 4) is 0 Å². The lowest BCUT2D eigenvalue weighted by Gasteiger charge is -2.09. The van der Waals surface area contributed by atoms with Crippen molar-refractivity contribution in [2.24, 2.45) is 0 Å². The molecule has 0 fully saturated rings. The highest BCUT2D eigenvalue weighted by Crippen LogP contribution is 2.35. The summed E-state index contributed by atoms with van der Waals surface area (Å²) in [5.74, 6) is -0.558. The molecule has 0 atom stereocenters. The first-order valence-electron chi connectivity index (χ1n) is 4.82. The summed E-state index contributed by atoms with van der Waals surface area (Å²) >= 11 is 12.4. The monoisotopic (exact) mass is 340 g/mol. The number of nitrogens with one attached hydrogen (secondary N) is 1. The van der Waals surface area contributed by atoms with Crippen molar-refractivity contribution < 1.29 is 12.8 Å². The first-order valence-corrected chi connectivity index (χ1v) is 7.88. The van der Waals surface area contributed by atoms with Gasteiger partial charge in [-0.05, 0) is 24.3 Å². The van der Waals surface area contributed by atoms with Gasteiger partial charge in [0.25, 0.3) is 10.0 Å². The largest absolute Gasteiger partial charge is 0.397 e. The number of hydrogen-bond donors (Lipinski definition) is 2. The van der Waals surface area contributed by atoms with Gasteiger partial charge in [-0.15, -0.1) is 11.3 Å². The summed E-state index contributed by atoms with van der Waals surface area (Å²) in [7, 11) is -3.92. The first kappa shape index (κ1) is 14.4. The van der Waals surface area contributed by atoms with Gasteiger partial charge in [0.05, 0.1) is 15.7 Å². The summed E-state index contributed by atoms with van der Waals surface area (Å²) in [6, 6.07) is 4.57. The van der Waals surface area contributed by atoms with Gasteiger partial charge in [-0.25, -0.2) is 12.8 Å². The molecule has 102 valence electrons. The van der Waals surface area contributed by atoms with Crippen molar-refractivity contribution in [2.45, 2.75) is 4.90 Å². The van der Waals surface area contributed by atoms with Crippen LogP contribution in [0.2, 0.25) is 8.67 Å². The van der Waals surface area contributed by atoms with Crippen molar-refractivity contribution in [3.63, 3.8) is 0 Å². The Morgan fingerprint density at radius 2 is 1.95 bits per heavy atom. The average Bonchev–Trinajstić information content (AvgIpc) is 2.63. The number of nitrogen functional groups attached to an aromatic ring is 1. The van der Waals surface area contributed by atoms with E-state index in [-0.39, 0.29) is 24.9 Å². The topological polar surface area (TPSA) is 72.2 Å². The van der Waals surface area contributed by atoms with Crippen LogP contribution in [0.5, 0.6) is 0 Å². The fourth-order valence-electron chi connectivity index (χ4n) is 1.33. The summed E-state index contributed by atoms with van der Waals surface area (Å²) in [6.45, 7) is 0. The van der Waals surface area contributed by atoms with E-state index in [2.05, 4.69) is 4.72 Å². The van der Waals surface area contributed by atoms with Crippen molar-refractivity contribution in [1.29, 1.82) is 0 Å². The van der Waals surface area contributed by atoms with Crippen LogP contribution in [0, 0.1) is 5.82 Å². The van der Waals surface area contributed by atoms with Crippen LogP contribution < -0.4 is 10.5 Å². The molecule has 0 bridgehead atoms. The van der Waals surface area contributed by atoms with Gasteiger partial charge in [0.1, 0.15) is 15.0 Å². The van der Waals surface area contributed by atoms with E-state index >= 15 is 0 Å². The molecule has 0 amide bonds. The molecule has 1 heterocycles. The van der Waals surface area contributed by atoms with Crippen LogP contribution >= 0.6 is 34.5 Å². The van der Waals surface area contributed by atoms with Gasteiger partial charge in [-0.1, -0.05) is 23.2 Å². The fraction of sp³-hybridized carbons (Fsp3) is 0. The van der Waals surface area contributed by atoms with Gasteiger partial charge in [0, 0.05) is 0 Å². The third-order valence-electron chi connectivity index (χ3n) is 2.17. The van der Waals surface area contributed by atoms with E-state index in [1.54, 1.807) is 0 Å². The highest BCUT2D eigenvalue weighted by atomic mass is 35.5. The number of rotatable bonds is 3. The number of halogens is 3. The molecular weight excluding hydrogens is 334 g/mol. The second-order valence-corrected chi connectivity index (χ2v) is 7.46. The molecule has 0 saturated heterocycles. The quantitative estimate of drug-likeness (QED) is 0.838. The van der Waals surface area contributed by atoms with Crippen LogP contribution in [0.3, 0.4) is 0 Å². The van der Waals surface area contributed by atoms with Crippen LogP contribution in [0.1, 0.15) is 0 Å².